The molecule has 0 aromatic carbocycles. The molecule has 1 saturated heterocycles. The molecule has 0 spiro atoms. The van der Waals surface area contributed by atoms with Crippen LogP contribution < -0.4 is 0 Å². The maximum absolute atomic E-state index is 13.6. The molecule has 0 radical (unpaired) electrons. The monoisotopic (exact) mass is 422 g/mol. The zero-order valence-electron chi connectivity index (χ0n) is 16.4. The summed E-state index contributed by atoms with van der Waals surface area (Å²) >= 11 is 0. The van der Waals surface area contributed by atoms with Gasteiger partial charge in [0.15, 0.2) is 0 Å². The zero-order chi connectivity index (χ0) is 21.3. The maximum Gasteiger partial charge on any atom is 0.417 e. The first-order chi connectivity index (χ1) is 14.3. The summed E-state index contributed by atoms with van der Waals surface area (Å²) in [6.45, 7) is 2.98. The van der Waals surface area contributed by atoms with Crippen molar-refractivity contribution in [2.24, 2.45) is 0 Å². The number of fused-ring (bicyclic) bond motifs is 1. The van der Waals surface area contributed by atoms with E-state index in [1.807, 2.05) is 0 Å². The highest BCUT2D eigenvalue weighted by atomic mass is 19.4. The van der Waals surface area contributed by atoms with E-state index in [1.54, 1.807) is 15.9 Å². The summed E-state index contributed by atoms with van der Waals surface area (Å²) in [5.41, 5.74) is -0.471. The Hall–Kier alpha value is -2.98. The highest BCUT2D eigenvalue weighted by Gasteiger charge is 2.37. The van der Waals surface area contributed by atoms with Crippen LogP contribution in [0.1, 0.15) is 48.6 Å². The molecule has 1 aliphatic heterocycles. The van der Waals surface area contributed by atoms with Crippen LogP contribution in [0.2, 0.25) is 0 Å². The van der Waals surface area contributed by atoms with Gasteiger partial charge in [0, 0.05) is 32.0 Å². The van der Waals surface area contributed by atoms with Gasteiger partial charge in [-0.2, -0.15) is 18.3 Å². The molecule has 4 rings (SSSR count). The van der Waals surface area contributed by atoms with Crippen molar-refractivity contribution in [3.05, 3.63) is 35.7 Å². The minimum atomic E-state index is -4.54. The molecular weight excluding hydrogens is 401 g/mol. The van der Waals surface area contributed by atoms with Crippen LogP contribution in [-0.2, 0) is 17.5 Å². The van der Waals surface area contributed by atoms with Gasteiger partial charge >= 0.3 is 6.18 Å². The summed E-state index contributed by atoms with van der Waals surface area (Å²) in [6, 6.07) is 1.08. The molecule has 0 saturated carbocycles. The number of aryl methyl sites for hydroxylation is 2. The third kappa shape index (κ3) is 4.14. The van der Waals surface area contributed by atoms with Gasteiger partial charge in [0.05, 0.1) is 22.3 Å². The second-order valence-electron chi connectivity index (χ2n) is 7.48. The highest BCUT2D eigenvalue weighted by Crippen LogP contribution is 2.38. The third-order valence-electron chi connectivity index (χ3n) is 5.38. The Bertz CT molecular complexity index is 1030. The SMILES string of the molecule is Cc1noc2nc([C@H]3CCCN(C(=O)CCCn4cncn4)C3)cc(C(F)(F)F)c12. The standard InChI is InChI=1S/C19H21F3N6O2/c1-12-17-14(19(20,21)22)8-15(25-18(17)30-26-12)13-4-2-6-27(9-13)16(29)5-3-7-28-11-23-10-24-28/h8,10-11,13H,2-7,9H2,1H3/t13-/m0/s1. The van der Waals surface area contributed by atoms with Crippen molar-refractivity contribution in [3.63, 3.8) is 0 Å². The van der Waals surface area contributed by atoms with Crippen molar-refractivity contribution < 1.29 is 22.5 Å². The molecule has 160 valence electrons. The summed E-state index contributed by atoms with van der Waals surface area (Å²) in [5.74, 6) is -0.304. The predicted octanol–water partition coefficient (Wildman–Crippen LogP) is 3.33. The third-order valence-corrected chi connectivity index (χ3v) is 5.38. The molecule has 1 aliphatic rings. The molecular formula is C19H21F3N6O2. The molecule has 1 amide bonds. The Morgan fingerprint density at radius 1 is 1.37 bits per heavy atom. The van der Waals surface area contributed by atoms with Crippen LogP contribution in [0.15, 0.2) is 23.2 Å². The molecule has 0 unspecified atom stereocenters. The van der Waals surface area contributed by atoms with Gasteiger partial charge in [-0.1, -0.05) is 5.16 Å². The second-order valence-corrected chi connectivity index (χ2v) is 7.48. The first kappa shape index (κ1) is 20.3. The van der Waals surface area contributed by atoms with Crippen LogP contribution in [-0.4, -0.2) is 48.8 Å². The van der Waals surface area contributed by atoms with Gasteiger partial charge in [0.1, 0.15) is 12.7 Å². The number of alkyl halides is 3. The van der Waals surface area contributed by atoms with E-state index < -0.39 is 11.7 Å². The van der Waals surface area contributed by atoms with Crippen LogP contribution in [0.4, 0.5) is 13.2 Å². The molecule has 0 aliphatic carbocycles. The van der Waals surface area contributed by atoms with Gasteiger partial charge in [0.25, 0.3) is 5.71 Å². The van der Waals surface area contributed by atoms with Crippen molar-refractivity contribution in [1.29, 1.82) is 0 Å². The molecule has 3 aromatic heterocycles. The number of amides is 1. The van der Waals surface area contributed by atoms with Gasteiger partial charge < -0.3 is 9.42 Å². The van der Waals surface area contributed by atoms with Crippen LogP contribution in [0.3, 0.4) is 0 Å². The van der Waals surface area contributed by atoms with Crippen LogP contribution >= 0.6 is 0 Å². The summed E-state index contributed by atoms with van der Waals surface area (Å²) < 4.78 is 47.5. The minimum Gasteiger partial charge on any atom is -0.342 e. The number of halogens is 3. The fourth-order valence-corrected chi connectivity index (χ4v) is 3.89. The number of likely N-dealkylation sites (tertiary alicyclic amines) is 1. The largest absolute Gasteiger partial charge is 0.417 e. The molecule has 11 heteroatoms. The van der Waals surface area contributed by atoms with Gasteiger partial charge in [-0.15, -0.1) is 0 Å². The number of piperidine rings is 1. The van der Waals surface area contributed by atoms with Crippen LogP contribution in [0.25, 0.3) is 11.1 Å². The Labute approximate surface area is 170 Å². The van der Waals surface area contributed by atoms with E-state index in [0.29, 0.717) is 45.3 Å². The summed E-state index contributed by atoms with van der Waals surface area (Å²) in [4.78, 5) is 22.5. The normalized spacial score (nSPS) is 17.6. The summed E-state index contributed by atoms with van der Waals surface area (Å²) in [5, 5.41) is 7.53. The first-order valence-corrected chi connectivity index (χ1v) is 9.77. The van der Waals surface area contributed by atoms with Crippen molar-refractivity contribution in [2.45, 2.75) is 51.2 Å². The van der Waals surface area contributed by atoms with Crippen molar-refractivity contribution >= 4 is 17.0 Å². The number of nitrogens with zero attached hydrogens (tertiary/aromatic N) is 6. The van der Waals surface area contributed by atoms with Crippen molar-refractivity contribution in [3.8, 4) is 0 Å². The Balaban J connectivity index is 1.49. The fourth-order valence-electron chi connectivity index (χ4n) is 3.89. The fraction of sp³-hybridized carbons (Fsp3) is 0.526. The first-order valence-electron chi connectivity index (χ1n) is 9.77. The van der Waals surface area contributed by atoms with Crippen LogP contribution in [0, 0.1) is 6.92 Å². The average molecular weight is 422 g/mol. The molecule has 3 aromatic rings. The number of pyridine rings is 1. The zero-order valence-corrected chi connectivity index (χ0v) is 16.4. The van der Waals surface area contributed by atoms with Gasteiger partial charge in [-0.3, -0.25) is 9.48 Å². The summed E-state index contributed by atoms with van der Waals surface area (Å²) in [6.07, 6.45) is 0.801. The predicted molar refractivity (Wildman–Crippen MR) is 99.4 cm³/mol. The lowest BCUT2D eigenvalue weighted by atomic mass is 9.92. The molecule has 4 heterocycles. The number of aromatic nitrogens is 5. The van der Waals surface area contributed by atoms with E-state index in [-0.39, 0.29) is 34.3 Å². The van der Waals surface area contributed by atoms with E-state index >= 15 is 0 Å². The van der Waals surface area contributed by atoms with E-state index in [9.17, 15) is 18.0 Å². The van der Waals surface area contributed by atoms with E-state index in [2.05, 4.69) is 20.2 Å². The van der Waals surface area contributed by atoms with Crippen molar-refractivity contribution in [1.82, 2.24) is 29.8 Å². The lowest BCUT2D eigenvalue weighted by Gasteiger charge is -2.32. The lowest BCUT2D eigenvalue weighted by molar-refractivity contribution is -0.136. The summed E-state index contributed by atoms with van der Waals surface area (Å²) in [7, 11) is 0. The topological polar surface area (TPSA) is 89.9 Å². The average Bonchev–Trinajstić information content (AvgIpc) is 3.37. The van der Waals surface area contributed by atoms with E-state index in [0.717, 1.165) is 6.07 Å². The molecule has 8 nitrogen and oxygen atoms in total. The number of carbonyl (C=O) groups is 1. The molecule has 30 heavy (non-hydrogen) atoms. The lowest BCUT2D eigenvalue weighted by Crippen LogP contribution is -2.39. The van der Waals surface area contributed by atoms with Crippen molar-refractivity contribution in [2.75, 3.05) is 13.1 Å². The number of hydrogen-bond acceptors (Lipinski definition) is 6. The Morgan fingerprint density at radius 2 is 2.20 bits per heavy atom. The molecule has 1 atom stereocenters. The maximum atomic E-state index is 13.6. The number of rotatable bonds is 5. The molecule has 0 bridgehead atoms. The van der Waals surface area contributed by atoms with Crippen LogP contribution in [0.5, 0.6) is 0 Å². The van der Waals surface area contributed by atoms with E-state index in [4.69, 9.17) is 4.52 Å². The second kappa shape index (κ2) is 8.04. The van der Waals surface area contributed by atoms with Gasteiger partial charge in [-0.05, 0) is 32.3 Å². The van der Waals surface area contributed by atoms with Gasteiger partial charge in [-0.25, -0.2) is 9.97 Å². The molecule has 0 N–H and O–H groups in total. The van der Waals surface area contributed by atoms with Gasteiger partial charge in [0.2, 0.25) is 5.91 Å². The highest BCUT2D eigenvalue weighted by molar-refractivity contribution is 5.81. The Morgan fingerprint density at radius 3 is 2.93 bits per heavy atom. The van der Waals surface area contributed by atoms with E-state index in [1.165, 1.54) is 13.3 Å². The molecule has 1 fully saturated rings. The smallest absolute Gasteiger partial charge is 0.342 e. The number of carbonyl (C=O) groups excluding carboxylic acids is 1. The minimum absolute atomic E-state index is 0.0209. The Kier molecular flexibility index (Phi) is 5.44. The number of hydrogen-bond donors (Lipinski definition) is 0. The quantitative estimate of drug-likeness (QED) is 0.627.